The number of para-hydroxylation sites is 1. The lowest BCUT2D eigenvalue weighted by atomic mass is 10.1. The molecule has 1 aromatic carbocycles. The first kappa shape index (κ1) is 14.5. The van der Waals surface area contributed by atoms with E-state index in [0.29, 0.717) is 9.50 Å². The Morgan fingerprint density at radius 1 is 1.30 bits per heavy atom. The molecule has 0 aliphatic rings. The fraction of sp³-hybridized carbons (Fsp3) is 0. The number of rotatable bonds is 3. The van der Waals surface area contributed by atoms with E-state index in [2.05, 4.69) is 26.2 Å². The number of aromatic carboxylic acids is 1. The highest BCUT2D eigenvalue weighted by molar-refractivity contribution is 9.10. The summed E-state index contributed by atoms with van der Waals surface area (Å²) in [7, 11) is 0. The zero-order valence-corrected chi connectivity index (χ0v) is 12.3. The molecule has 1 heterocycles. The summed E-state index contributed by atoms with van der Waals surface area (Å²) in [5, 5.41) is 12.0. The van der Waals surface area contributed by atoms with Gasteiger partial charge in [-0.25, -0.2) is 4.79 Å². The Bertz CT molecular complexity index is 691. The van der Waals surface area contributed by atoms with E-state index in [9.17, 15) is 9.59 Å². The Morgan fingerprint density at radius 3 is 2.70 bits per heavy atom. The van der Waals surface area contributed by atoms with Crippen molar-refractivity contribution >= 4 is 45.1 Å². The molecule has 20 heavy (non-hydrogen) atoms. The molecule has 2 N–H and O–H groups in total. The number of benzene rings is 1. The van der Waals surface area contributed by atoms with Crippen LogP contribution < -0.4 is 5.32 Å². The van der Waals surface area contributed by atoms with Gasteiger partial charge in [-0.05, 0) is 40.2 Å². The van der Waals surface area contributed by atoms with Gasteiger partial charge in [0.15, 0.2) is 0 Å². The minimum absolute atomic E-state index is 0.0187. The van der Waals surface area contributed by atoms with Crippen molar-refractivity contribution in [2.45, 2.75) is 0 Å². The number of nitrogens with one attached hydrogen (secondary N) is 1. The van der Waals surface area contributed by atoms with E-state index in [4.69, 9.17) is 16.7 Å². The predicted octanol–water partition coefficient (Wildman–Crippen LogP) is 3.45. The van der Waals surface area contributed by atoms with Crippen LogP contribution in [0.4, 0.5) is 5.69 Å². The monoisotopic (exact) mass is 354 g/mol. The van der Waals surface area contributed by atoms with Crippen molar-refractivity contribution in [2.75, 3.05) is 5.32 Å². The van der Waals surface area contributed by atoms with Crippen LogP contribution in [0.3, 0.4) is 0 Å². The SMILES string of the molecule is O=C(Nc1c(Br)cccc1C(=O)O)c1cc(Cl)ccn1. The third-order valence-electron chi connectivity index (χ3n) is 2.44. The molecule has 0 saturated carbocycles. The average Bonchev–Trinajstić information content (AvgIpc) is 2.40. The van der Waals surface area contributed by atoms with Crippen molar-refractivity contribution in [3.05, 3.63) is 57.3 Å². The number of nitrogens with zero attached hydrogens (tertiary/aromatic N) is 1. The van der Waals surface area contributed by atoms with Gasteiger partial charge in [-0.15, -0.1) is 0 Å². The van der Waals surface area contributed by atoms with E-state index in [1.807, 2.05) is 0 Å². The number of hydrogen-bond acceptors (Lipinski definition) is 3. The third kappa shape index (κ3) is 3.15. The second kappa shape index (κ2) is 6.02. The number of carboxylic acid groups (broad SMARTS) is 1. The molecule has 0 saturated heterocycles. The highest BCUT2D eigenvalue weighted by Gasteiger charge is 2.16. The molecule has 0 fully saturated rings. The molecule has 0 spiro atoms. The fourth-order valence-corrected chi connectivity index (χ4v) is 2.16. The molecule has 2 rings (SSSR count). The van der Waals surface area contributed by atoms with E-state index in [1.165, 1.54) is 18.3 Å². The molecular weight excluding hydrogens is 348 g/mol. The number of aromatic nitrogens is 1. The van der Waals surface area contributed by atoms with Crippen LogP contribution in [-0.4, -0.2) is 22.0 Å². The van der Waals surface area contributed by atoms with Gasteiger partial charge in [-0.1, -0.05) is 17.7 Å². The summed E-state index contributed by atoms with van der Waals surface area (Å²) < 4.78 is 0.466. The second-order valence-corrected chi connectivity index (χ2v) is 5.07. The lowest BCUT2D eigenvalue weighted by Crippen LogP contribution is -2.16. The van der Waals surface area contributed by atoms with Crippen LogP contribution in [0.5, 0.6) is 0 Å². The van der Waals surface area contributed by atoms with Crippen molar-refractivity contribution < 1.29 is 14.7 Å². The van der Waals surface area contributed by atoms with Gasteiger partial charge < -0.3 is 10.4 Å². The van der Waals surface area contributed by atoms with Gasteiger partial charge in [0.05, 0.1) is 11.3 Å². The molecule has 0 radical (unpaired) electrons. The molecular formula is C13H8BrClN2O3. The number of carboxylic acids is 1. The molecule has 5 nitrogen and oxygen atoms in total. The van der Waals surface area contributed by atoms with E-state index in [-0.39, 0.29) is 16.9 Å². The first-order chi connectivity index (χ1) is 9.49. The lowest BCUT2D eigenvalue weighted by molar-refractivity contribution is 0.0698. The Balaban J connectivity index is 2.35. The van der Waals surface area contributed by atoms with Gasteiger partial charge in [0.2, 0.25) is 0 Å². The van der Waals surface area contributed by atoms with Gasteiger partial charge in [-0.2, -0.15) is 0 Å². The first-order valence-electron chi connectivity index (χ1n) is 5.44. The van der Waals surface area contributed by atoms with Gasteiger partial charge in [0.25, 0.3) is 5.91 Å². The molecule has 0 aliphatic heterocycles. The molecule has 0 atom stereocenters. The number of pyridine rings is 1. The van der Waals surface area contributed by atoms with E-state index in [0.717, 1.165) is 0 Å². The number of hydrogen-bond donors (Lipinski definition) is 2. The molecule has 0 bridgehead atoms. The summed E-state index contributed by atoms with van der Waals surface area (Å²) in [6.45, 7) is 0. The highest BCUT2D eigenvalue weighted by atomic mass is 79.9. The maximum atomic E-state index is 12.0. The number of amides is 1. The van der Waals surface area contributed by atoms with Gasteiger partial charge in [-0.3, -0.25) is 9.78 Å². The second-order valence-electron chi connectivity index (χ2n) is 3.78. The van der Waals surface area contributed by atoms with Crippen molar-refractivity contribution in [3.63, 3.8) is 0 Å². The number of halogens is 2. The van der Waals surface area contributed by atoms with Crippen LogP contribution in [0.2, 0.25) is 5.02 Å². The highest BCUT2D eigenvalue weighted by Crippen LogP contribution is 2.27. The Morgan fingerprint density at radius 2 is 2.05 bits per heavy atom. The van der Waals surface area contributed by atoms with Crippen LogP contribution in [0.15, 0.2) is 41.0 Å². The van der Waals surface area contributed by atoms with Crippen LogP contribution in [0.1, 0.15) is 20.8 Å². The van der Waals surface area contributed by atoms with Crippen LogP contribution in [0, 0.1) is 0 Å². The summed E-state index contributed by atoms with van der Waals surface area (Å²) in [5.41, 5.74) is 0.256. The van der Waals surface area contributed by atoms with Crippen molar-refractivity contribution in [3.8, 4) is 0 Å². The smallest absolute Gasteiger partial charge is 0.337 e. The molecule has 1 aromatic heterocycles. The molecule has 2 aromatic rings. The number of carbonyl (C=O) groups is 2. The maximum Gasteiger partial charge on any atom is 0.337 e. The minimum Gasteiger partial charge on any atom is -0.478 e. The molecule has 7 heteroatoms. The first-order valence-corrected chi connectivity index (χ1v) is 6.61. The largest absolute Gasteiger partial charge is 0.478 e. The lowest BCUT2D eigenvalue weighted by Gasteiger charge is -2.10. The molecule has 0 aliphatic carbocycles. The summed E-state index contributed by atoms with van der Waals surface area (Å²) in [6, 6.07) is 7.54. The Labute approximate surface area is 127 Å². The predicted molar refractivity (Wildman–Crippen MR) is 78.3 cm³/mol. The number of carbonyl (C=O) groups excluding carboxylic acids is 1. The summed E-state index contributed by atoms with van der Waals surface area (Å²) >= 11 is 8.99. The zero-order valence-electron chi connectivity index (χ0n) is 9.93. The third-order valence-corrected chi connectivity index (χ3v) is 3.33. The summed E-state index contributed by atoms with van der Waals surface area (Å²) in [5.74, 6) is -1.68. The van der Waals surface area contributed by atoms with Gasteiger partial charge in [0, 0.05) is 15.7 Å². The van der Waals surface area contributed by atoms with Crippen molar-refractivity contribution in [1.82, 2.24) is 4.98 Å². The van der Waals surface area contributed by atoms with Crippen molar-refractivity contribution in [2.24, 2.45) is 0 Å². The van der Waals surface area contributed by atoms with Gasteiger partial charge >= 0.3 is 5.97 Å². The van der Waals surface area contributed by atoms with E-state index < -0.39 is 11.9 Å². The standard InChI is InChI=1S/C13H8BrClN2O3/c14-9-3-1-2-8(13(19)20)11(9)17-12(18)10-6-7(15)4-5-16-10/h1-6H,(H,17,18)(H,19,20). The Kier molecular flexibility index (Phi) is 4.36. The molecule has 0 unspecified atom stereocenters. The topological polar surface area (TPSA) is 79.3 Å². The quantitative estimate of drug-likeness (QED) is 0.884. The van der Waals surface area contributed by atoms with Crippen molar-refractivity contribution in [1.29, 1.82) is 0 Å². The summed E-state index contributed by atoms with van der Waals surface area (Å²) in [6.07, 6.45) is 1.40. The van der Waals surface area contributed by atoms with Crippen LogP contribution >= 0.6 is 27.5 Å². The van der Waals surface area contributed by atoms with E-state index in [1.54, 1.807) is 18.2 Å². The number of anilines is 1. The Hall–Kier alpha value is -1.92. The maximum absolute atomic E-state index is 12.0. The fourth-order valence-electron chi connectivity index (χ4n) is 1.54. The molecule has 1 amide bonds. The normalized spacial score (nSPS) is 10.1. The van der Waals surface area contributed by atoms with Gasteiger partial charge in [0.1, 0.15) is 5.69 Å². The van der Waals surface area contributed by atoms with Crippen LogP contribution in [0.25, 0.3) is 0 Å². The van der Waals surface area contributed by atoms with E-state index >= 15 is 0 Å². The molecule has 102 valence electrons. The zero-order chi connectivity index (χ0) is 14.7. The minimum atomic E-state index is -1.14. The van der Waals surface area contributed by atoms with Crippen LogP contribution in [-0.2, 0) is 0 Å². The summed E-state index contributed by atoms with van der Waals surface area (Å²) in [4.78, 5) is 27.1. The average molecular weight is 356 g/mol.